The zero-order chi connectivity index (χ0) is 24.6. The average Bonchev–Trinajstić information content (AvgIpc) is 3.08. The van der Waals surface area contributed by atoms with Gasteiger partial charge in [-0.25, -0.2) is 4.79 Å². The molecule has 1 N–H and O–H groups in total. The minimum Gasteiger partial charge on any atom is -0.444 e. The summed E-state index contributed by atoms with van der Waals surface area (Å²) >= 11 is 0. The van der Waals surface area contributed by atoms with E-state index < -0.39 is 17.6 Å². The van der Waals surface area contributed by atoms with Crippen molar-refractivity contribution >= 4 is 29.4 Å². The molecular weight excluding hydrogens is 438 g/mol. The SMILES string of the molecule is COCC1CN(C(=O)OC(C)(C)C)CC=C1c1ccc2c(c1)CN(C1CCC(=O)NC1=O)C2=O. The summed E-state index contributed by atoms with van der Waals surface area (Å²) in [7, 11) is 1.63. The predicted octanol–water partition coefficient (Wildman–Crippen LogP) is 2.34. The van der Waals surface area contributed by atoms with Crippen LogP contribution in [0.15, 0.2) is 24.3 Å². The second kappa shape index (κ2) is 9.21. The molecule has 0 aromatic heterocycles. The van der Waals surface area contributed by atoms with Crippen LogP contribution in [-0.2, 0) is 25.6 Å². The normalized spacial score (nSPS) is 22.9. The second-order valence-corrected chi connectivity index (χ2v) is 9.97. The Hall–Kier alpha value is -3.20. The maximum absolute atomic E-state index is 13.0. The molecule has 3 aliphatic heterocycles. The maximum atomic E-state index is 13.0. The number of methoxy groups -OCH3 is 1. The molecule has 3 heterocycles. The van der Waals surface area contributed by atoms with E-state index in [0.29, 0.717) is 38.2 Å². The molecule has 0 aliphatic carbocycles. The van der Waals surface area contributed by atoms with Crippen molar-refractivity contribution in [3.05, 3.63) is 41.0 Å². The largest absolute Gasteiger partial charge is 0.444 e. The lowest BCUT2D eigenvalue weighted by Crippen LogP contribution is -2.52. The fourth-order valence-corrected chi connectivity index (χ4v) is 4.74. The standard InChI is InChI=1S/C25H31N3O6/c1-25(2,3)34-24(32)27-10-9-18(17(12-27)14-33-4)15-5-6-19-16(11-15)13-28(23(19)31)20-7-8-21(29)26-22(20)30/h5-6,9,11,17,20H,7-8,10,12-14H2,1-4H3,(H,26,29,30). The van der Waals surface area contributed by atoms with Crippen LogP contribution in [0.2, 0.25) is 0 Å². The van der Waals surface area contributed by atoms with Crippen LogP contribution in [0, 0.1) is 5.92 Å². The fraction of sp³-hybridized carbons (Fsp3) is 0.520. The first-order chi connectivity index (χ1) is 16.1. The van der Waals surface area contributed by atoms with Crippen molar-refractivity contribution in [1.82, 2.24) is 15.1 Å². The average molecular weight is 470 g/mol. The Labute approximate surface area is 199 Å². The number of ether oxygens (including phenoxy) is 2. The Bertz CT molecular complexity index is 1060. The molecule has 1 aromatic carbocycles. The van der Waals surface area contributed by atoms with E-state index in [1.165, 1.54) is 0 Å². The fourth-order valence-electron chi connectivity index (χ4n) is 4.74. The minimum absolute atomic E-state index is 0.0485. The Morgan fingerprint density at radius 3 is 2.65 bits per heavy atom. The van der Waals surface area contributed by atoms with E-state index in [2.05, 4.69) is 5.32 Å². The molecule has 1 saturated heterocycles. The van der Waals surface area contributed by atoms with Crippen LogP contribution in [0.3, 0.4) is 0 Å². The minimum atomic E-state index is -0.640. The molecule has 0 bridgehead atoms. The van der Waals surface area contributed by atoms with Gasteiger partial charge in [0.1, 0.15) is 11.6 Å². The molecule has 1 fully saturated rings. The van der Waals surface area contributed by atoms with Crippen molar-refractivity contribution in [3.8, 4) is 0 Å². The van der Waals surface area contributed by atoms with Gasteiger partial charge in [-0.15, -0.1) is 0 Å². The number of nitrogens with zero attached hydrogens (tertiary/aromatic N) is 2. The first-order valence-corrected chi connectivity index (χ1v) is 11.5. The molecule has 9 heteroatoms. The van der Waals surface area contributed by atoms with E-state index in [0.717, 1.165) is 16.7 Å². The van der Waals surface area contributed by atoms with Crippen LogP contribution in [0.5, 0.6) is 0 Å². The number of hydrogen-bond acceptors (Lipinski definition) is 6. The van der Waals surface area contributed by atoms with Gasteiger partial charge in [-0.05, 0) is 56.0 Å². The van der Waals surface area contributed by atoms with Crippen molar-refractivity contribution in [3.63, 3.8) is 0 Å². The first kappa shape index (κ1) is 23.9. The summed E-state index contributed by atoms with van der Waals surface area (Å²) < 4.78 is 11.0. The smallest absolute Gasteiger partial charge is 0.410 e. The molecule has 2 atom stereocenters. The van der Waals surface area contributed by atoms with Crippen LogP contribution in [0.25, 0.3) is 5.57 Å². The number of carbonyl (C=O) groups is 4. The topological polar surface area (TPSA) is 105 Å². The summed E-state index contributed by atoms with van der Waals surface area (Å²) in [6.45, 7) is 7.16. The lowest BCUT2D eigenvalue weighted by molar-refractivity contribution is -0.136. The number of fused-ring (bicyclic) bond motifs is 1. The molecule has 1 aromatic rings. The molecule has 3 aliphatic rings. The van der Waals surface area contributed by atoms with Gasteiger partial charge in [0.15, 0.2) is 0 Å². The van der Waals surface area contributed by atoms with Crippen molar-refractivity contribution in [2.75, 3.05) is 26.8 Å². The summed E-state index contributed by atoms with van der Waals surface area (Å²) in [5.41, 5.74) is 2.86. The van der Waals surface area contributed by atoms with Crippen molar-refractivity contribution < 1.29 is 28.7 Å². The Morgan fingerprint density at radius 1 is 1.21 bits per heavy atom. The van der Waals surface area contributed by atoms with Gasteiger partial charge in [0.05, 0.1) is 6.61 Å². The van der Waals surface area contributed by atoms with Crippen LogP contribution in [0.1, 0.15) is 55.1 Å². The summed E-state index contributed by atoms with van der Waals surface area (Å²) in [6.07, 6.45) is 2.21. The first-order valence-electron chi connectivity index (χ1n) is 11.5. The van der Waals surface area contributed by atoms with Gasteiger partial charge in [0, 0.05) is 44.6 Å². The van der Waals surface area contributed by atoms with Crippen molar-refractivity contribution in [2.45, 2.75) is 51.8 Å². The Kier molecular flexibility index (Phi) is 6.49. The predicted molar refractivity (Wildman–Crippen MR) is 124 cm³/mol. The maximum Gasteiger partial charge on any atom is 0.410 e. The Morgan fingerprint density at radius 2 is 1.97 bits per heavy atom. The number of nitrogens with one attached hydrogen (secondary N) is 1. The van der Waals surface area contributed by atoms with Gasteiger partial charge in [0.2, 0.25) is 11.8 Å². The highest BCUT2D eigenvalue weighted by molar-refractivity contribution is 6.05. The number of amides is 4. The second-order valence-electron chi connectivity index (χ2n) is 9.97. The summed E-state index contributed by atoms with van der Waals surface area (Å²) in [6, 6.07) is 5.04. The van der Waals surface area contributed by atoms with Crippen LogP contribution >= 0.6 is 0 Å². The molecule has 182 valence electrons. The van der Waals surface area contributed by atoms with E-state index in [1.807, 2.05) is 39.0 Å². The van der Waals surface area contributed by atoms with Gasteiger partial charge in [-0.3, -0.25) is 19.7 Å². The molecule has 0 radical (unpaired) electrons. The molecular formula is C25H31N3O6. The third-order valence-corrected chi connectivity index (χ3v) is 6.29. The van der Waals surface area contributed by atoms with Crippen molar-refractivity contribution in [1.29, 1.82) is 0 Å². The zero-order valence-electron chi connectivity index (χ0n) is 20.1. The molecule has 4 rings (SSSR count). The third-order valence-electron chi connectivity index (χ3n) is 6.29. The summed E-state index contributed by atoms with van der Waals surface area (Å²) in [5.74, 6) is -0.970. The van der Waals surface area contributed by atoms with Gasteiger partial charge in [-0.2, -0.15) is 0 Å². The summed E-state index contributed by atoms with van der Waals surface area (Å²) in [5, 5.41) is 2.33. The number of imide groups is 1. The van der Waals surface area contributed by atoms with E-state index in [1.54, 1.807) is 23.0 Å². The monoisotopic (exact) mass is 469 g/mol. The van der Waals surface area contributed by atoms with Gasteiger partial charge >= 0.3 is 6.09 Å². The highest BCUT2D eigenvalue weighted by Crippen LogP contribution is 2.34. The van der Waals surface area contributed by atoms with Crippen LogP contribution in [-0.4, -0.2) is 72.1 Å². The van der Waals surface area contributed by atoms with E-state index in [4.69, 9.17) is 9.47 Å². The zero-order valence-corrected chi connectivity index (χ0v) is 20.1. The van der Waals surface area contributed by atoms with Gasteiger partial charge in [0.25, 0.3) is 5.91 Å². The molecule has 0 spiro atoms. The van der Waals surface area contributed by atoms with Crippen LogP contribution in [0.4, 0.5) is 4.79 Å². The van der Waals surface area contributed by atoms with E-state index in [-0.39, 0.29) is 30.2 Å². The Balaban J connectivity index is 1.54. The highest BCUT2D eigenvalue weighted by Gasteiger charge is 2.39. The molecule has 2 unspecified atom stereocenters. The lowest BCUT2D eigenvalue weighted by atomic mass is 9.88. The van der Waals surface area contributed by atoms with Crippen LogP contribution < -0.4 is 5.32 Å². The number of benzene rings is 1. The molecule has 34 heavy (non-hydrogen) atoms. The number of carbonyl (C=O) groups excluding carboxylic acids is 4. The third kappa shape index (κ3) is 4.84. The molecule has 4 amide bonds. The van der Waals surface area contributed by atoms with E-state index >= 15 is 0 Å². The van der Waals surface area contributed by atoms with Gasteiger partial charge in [-0.1, -0.05) is 12.1 Å². The molecule has 9 nitrogen and oxygen atoms in total. The number of piperidine rings is 1. The number of hydrogen-bond donors (Lipinski definition) is 1. The van der Waals surface area contributed by atoms with E-state index in [9.17, 15) is 19.2 Å². The van der Waals surface area contributed by atoms with Crippen molar-refractivity contribution in [2.24, 2.45) is 5.92 Å². The molecule has 0 saturated carbocycles. The number of rotatable bonds is 4. The van der Waals surface area contributed by atoms with Gasteiger partial charge < -0.3 is 19.3 Å². The summed E-state index contributed by atoms with van der Waals surface area (Å²) in [4.78, 5) is 52.5. The highest BCUT2D eigenvalue weighted by atomic mass is 16.6. The lowest BCUT2D eigenvalue weighted by Gasteiger charge is -2.34. The quantitative estimate of drug-likeness (QED) is 0.679.